The van der Waals surface area contributed by atoms with E-state index < -0.39 is 6.10 Å². The molecule has 0 radical (unpaired) electrons. The standard InChI is InChI=1S/C18H21FN2O2/c19-14-3-1-2-13-16-9-20-10-21(16)15(18(13)14)8-17(23)11-4-6-12(22)7-5-11/h1-3,9-12,15,17,22-23H,4-8H2/t11-,12+,15?,17?. The number of benzene rings is 1. The predicted octanol–water partition coefficient (Wildman–Crippen LogP) is 2.89. The van der Waals surface area contributed by atoms with Crippen LogP contribution in [0.3, 0.4) is 0 Å². The van der Waals surface area contributed by atoms with Crippen LogP contribution in [0.2, 0.25) is 0 Å². The van der Waals surface area contributed by atoms with E-state index in [1.165, 1.54) is 6.07 Å². The van der Waals surface area contributed by atoms with Gasteiger partial charge in [0, 0.05) is 11.1 Å². The molecule has 2 aliphatic rings. The van der Waals surface area contributed by atoms with Crippen LogP contribution in [0, 0.1) is 11.7 Å². The first kappa shape index (κ1) is 14.8. The number of hydrogen-bond donors (Lipinski definition) is 2. The van der Waals surface area contributed by atoms with Crippen LogP contribution < -0.4 is 0 Å². The first-order valence-corrected chi connectivity index (χ1v) is 8.32. The number of hydrogen-bond acceptors (Lipinski definition) is 3. The van der Waals surface area contributed by atoms with Gasteiger partial charge in [0.25, 0.3) is 0 Å². The van der Waals surface area contributed by atoms with E-state index in [1.807, 2.05) is 10.6 Å². The van der Waals surface area contributed by atoms with Gasteiger partial charge in [-0.2, -0.15) is 0 Å². The Morgan fingerprint density at radius 3 is 2.83 bits per heavy atom. The monoisotopic (exact) mass is 316 g/mol. The average molecular weight is 316 g/mol. The number of aromatic nitrogens is 2. The molecule has 2 aromatic rings. The Morgan fingerprint density at radius 1 is 1.26 bits per heavy atom. The Morgan fingerprint density at radius 2 is 2.04 bits per heavy atom. The highest BCUT2D eigenvalue weighted by Crippen LogP contribution is 2.43. The zero-order chi connectivity index (χ0) is 16.0. The van der Waals surface area contributed by atoms with Gasteiger partial charge in [-0.15, -0.1) is 0 Å². The molecule has 0 saturated heterocycles. The molecule has 2 unspecified atom stereocenters. The number of rotatable bonds is 3. The van der Waals surface area contributed by atoms with Crippen LogP contribution in [0.5, 0.6) is 0 Å². The van der Waals surface area contributed by atoms with Crippen molar-refractivity contribution in [3.63, 3.8) is 0 Å². The van der Waals surface area contributed by atoms with Crippen molar-refractivity contribution in [2.24, 2.45) is 5.92 Å². The highest BCUT2D eigenvalue weighted by Gasteiger charge is 2.35. The summed E-state index contributed by atoms with van der Waals surface area (Å²) in [4.78, 5) is 4.18. The fourth-order valence-corrected chi connectivity index (χ4v) is 4.14. The van der Waals surface area contributed by atoms with Crippen molar-refractivity contribution >= 4 is 0 Å². The van der Waals surface area contributed by atoms with E-state index in [9.17, 15) is 14.6 Å². The fourth-order valence-electron chi connectivity index (χ4n) is 4.14. The average Bonchev–Trinajstić information content (AvgIpc) is 3.12. The molecule has 23 heavy (non-hydrogen) atoms. The molecule has 1 aliphatic heterocycles. The fraction of sp³-hybridized carbons (Fsp3) is 0.500. The lowest BCUT2D eigenvalue weighted by molar-refractivity contribution is 0.0328. The van der Waals surface area contributed by atoms with E-state index in [-0.39, 0.29) is 23.9 Å². The predicted molar refractivity (Wildman–Crippen MR) is 84.3 cm³/mol. The Kier molecular flexibility index (Phi) is 3.70. The van der Waals surface area contributed by atoms with Crippen LogP contribution in [-0.4, -0.2) is 32.0 Å². The molecule has 5 heteroatoms. The number of aliphatic hydroxyl groups is 2. The second-order valence-electron chi connectivity index (χ2n) is 6.77. The lowest BCUT2D eigenvalue weighted by Crippen LogP contribution is -2.29. The molecule has 0 amide bonds. The molecule has 1 aromatic heterocycles. The van der Waals surface area contributed by atoms with E-state index >= 15 is 0 Å². The molecule has 2 heterocycles. The summed E-state index contributed by atoms with van der Waals surface area (Å²) < 4.78 is 16.3. The summed E-state index contributed by atoms with van der Waals surface area (Å²) >= 11 is 0. The van der Waals surface area contributed by atoms with Crippen molar-refractivity contribution in [2.75, 3.05) is 0 Å². The molecule has 0 bridgehead atoms. The number of aliphatic hydroxyl groups excluding tert-OH is 2. The number of imidazole rings is 1. The molecule has 4 rings (SSSR count). The molecule has 2 atom stereocenters. The molecule has 2 N–H and O–H groups in total. The molecular formula is C18H21FN2O2. The second kappa shape index (κ2) is 5.73. The van der Waals surface area contributed by atoms with Crippen molar-refractivity contribution in [1.82, 2.24) is 9.55 Å². The van der Waals surface area contributed by atoms with E-state index in [2.05, 4.69) is 4.98 Å². The maximum atomic E-state index is 14.4. The minimum atomic E-state index is -0.492. The highest BCUT2D eigenvalue weighted by atomic mass is 19.1. The number of fused-ring (bicyclic) bond motifs is 3. The summed E-state index contributed by atoms with van der Waals surface area (Å²) in [6.45, 7) is 0. The SMILES string of the molecule is OC(CC1c2c(F)cccc2-c2cncn21)[C@H]1CC[C@@H](O)CC1. The van der Waals surface area contributed by atoms with Gasteiger partial charge in [0.05, 0.1) is 36.5 Å². The summed E-state index contributed by atoms with van der Waals surface area (Å²) in [6, 6.07) is 4.91. The minimum Gasteiger partial charge on any atom is -0.393 e. The van der Waals surface area contributed by atoms with Crippen molar-refractivity contribution in [3.05, 3.63) is 42.1 Å². The molecule has 122 valence electrons. The maximum absolute atomic E-state index is 14.4. The van der Waals surface area contributed by atoms with Gasteiger partial charge in [0.15, 0.2) is 0 Å². The molecule has 0 spiro atoms. The van der Waals surface area contributed by atoms with Crippen LogP contribution in [0.1, 0.15) is 43.7 Å². The van der Waals surface area contributed by atoms with Crippen molar-refractivity contribution in [2.45, 2.75) is 50.4 Å². The van der Waals surface area contributed by atoms with Gasteiger partial charge in [0.2, 0.25) is 0 Å². The van der Waals surface area contributed by atoms with Gasteiger partial charge in [0.1, 0.15) is 5.82 Å². The quantitative estimate of drug-likeness (QED) is 0.915. The lowest BCUT2D eigenvalue weighted by atomic mass is 9.81. The van der Waals surface area contributed by atoms with Crippen molar-refractivity contribution < 1.29 is 14.6 Å². The third-order valence-corrected chi connectivity index (χ3v) is 5.41. The molecule has 1 fully saturated rings. The third-order valence-electron chi connectivity index (χ3n) is 5.41. The highest BCUT2D eigenvalue weighted by molar-refractivity contribution is 5.69. The van der Waals surface area contributed by atoms with Gasteiger partial charge in [-0.25, -0.2) is 9.37 Å². The van der Waals surface area contributed by atoms with Gasteiger partial charge in [-0.05, 0) is 44.1 Å². The summed E-state index contributed by atoms with van der Waals surface area (Å²) in [5, 5.41) is 20.3. The number of nitrogens with zero attached hydrogens (tertiary/aromatic N) is 2. The van der Waals surface area contributed by atoms with E-state index in [4.69, 9.17) is 0 Å². The third kappa shape index (κ3) is 2.48. The van der Waals surface area contributed by atoms with E-state index in [0.29, 0.717) is 12.0 Å². The summed E-state index contributed by atoms with van der Waals surface area (Å²) in [6.07, 6.45) is 6.38. The van der Waals surface area contributed by atoms with E-state index in [0.717, 1.165) is 36.9 Å². The molecule has 1 aromatic carbocycles. The topological polar surface area (TPSA) is 58.3 Å². The van der Waals surface area contributed by atoms with Gasteiger partial charge >= 0.3 is 0 Å². The van der Waals surface area contributed by atoms with Crippen molar-refractivity contribution in [3.8, 4) is 11.3 Å². The zero-order valence-electron chi connectivity index (χ0n) is 12.9. The first-order valence-electron chi connectivity index (χ1n) is 8.32. The molecule has 1 aliphatic carbocycles. The number of halogens is 1. The van der Waals surface area contributed by atoms with Gasteiger partial charge in [-0.3, -0.25) is 0 Å². The largest absolute Gasteiger partial charge is 0.393 e. The maximum Gasteiger partial charge on any atom is 0.129 e. The summed E-state index contributed by atoms with van der Waals surface area (Å²) in [5.74, 6) is -0.0383. The van der Waals surface area contributed by atoms with Crippen LogP contribution in [0.25, 0.3) is 11.3 Å². The molecule has 1 saturated carbocycles. The van der Waals surface area contributed by atoms with Crippen LogP contribution in [0.15, 0.2) is 30.7 Å². The minimum absolute atomic E-state index is 0.182. The van der Waals surface area contributed by atoms with Crippen LogP contribution in [-0.2, 0) is 0 Å². The Hall–Kier alpha value is -1.72. The lowest BCUT2D eigenvalue weighted by Gasteiger charge is -2.31. The second-order valence-corrected chi connectivity index (χ2v) is 6.77. The normalized spacial score (nSPS) is 27.5. The Bertz CT molecular complexity index is 707. The van der Waals surface area contributed by atoms with Crippen LogP contribution in [0.4, 0.5) is 4.39 Å². The summed E-state index contributed by atoms with van der Waals surface area (Å²) in [7, 11) is 0. The smallest absolute Gasteiger partial charge is 0.129 e. The van der Waals surface area contributed by atoms with Gasteiger partial charge in [-0.1, -0.05) is 12.1 Å². The van der Waals surface area contributed by atoms with Crippen LogP contribution >= 0.6 is 0 Å². The molecular weight excluding hydrogens is 295 g/mol. The van der Waals surface area contributed by atoms with E-state index in [1.54, 1.807) is 18.6 Å². The summed E-state index contributed by atoms with van der Waals surface area (Å²) in [5.41, 5.74) is 2.45. The molecule has 4 nitrogen and oxygen atoms in total. The Balaban J connectivity index is 1.60. The van der Waals surface area contributed by atoms with Crippen molar-refractivity contribution in [1.29, 1.82) is 0 Å². The first-order chi connectivity index (χ1) is 11.1. The Labute approximate surface area is 134 Å². The van der Waals surface area contributed by atoms with Gasteiger partial charge < -0.3 is 14.8 Å². The zero-order valence-corrected chi connectivity index (χ0v) is 12.9.